The second kappa shape index (κ2) is 7.98. The summed E-state index contributed by atoms with van der Waals surface area (Å²) in [6, 6.07) is 31.2. The maximum Gasteiger partial charge on any atom is 0.158 e. The minimum Gasteiger partial charge on any atom is -0.390 e. The Bertz CT molecular complexity index is 1720. The number of fused-ring (bicyclic) bond motifs is 6. The predicted molar refractivity (Wildman–Crippen MR) is 155 cm³/mol. The Kier molecular flexibility index (Phi) is 5.10. The zero-order valence-corrected chi connectivity index (χ0v) is 21.6. The molecular weight excluding hydrogens is 445 g/mol. The first kappa shape index (κ1) is 22.4. The number of aliphatic hydroxyl groups is 1. The molecule has 0 spiro atoms. The van der Waals surface area contributed by atoms with Crippen LogP contribution < -0.4 is 5.46 Å². The van der Waals surface area contributed by atoms with Gasteiger partial charge in [-0.05, 0) is 55.7 Å². The molecule has 0 saturated carbocycles. The number of hydrogen-bond donors (Lipinski definition) is 1. The van der Waals surface area contributed by atoms with Crippen molar-refractivity contribution < 1.29 is 5.11 Å². The smallest absolute Gasteiger partial charge is 0.158 e. The number of aromatic nitrogens is 1. The molecule has 0 bridgehead atoms. The van der Waals surface area contributed by atoms with Crippen LogP contribution in [0.15, 0.2) is 84.9 Å². The fraction of sp³-hybridized carbons (Fsp3) is 0.226. The van der Waals surface area contributed by atoms with Gasteiger partial charge in [0.15, 0.2) is 7.28 Å². The summed E-state index contributed by atoms with van der Waals surface area (Å²) in [5.74, 6) is 0. The monoisotopic (exact) mass is 475 g/mol. The van der Waals surface area contributed by atoms with Gasteiger partial charge in [0.1, 0.15) is 0 Å². The van der Waals surface area contributed by atoms with Gasteiger partial charge >= 0.3 is 0 Å². The molecular formula is C31H30BNOS. The van der Waals surface area contributed by atoms with E-state index in [1.54, 1.807) is 0 Å². The van der Waals surface area contributed by atoms with Crippen LogP contribution >= 0.6 is 11.3 Å². The van der Waals surface area contributed by atoms with Gasteiger partial charge in [0.05, 0.1) is 16.6 Å². The maximum atomic E-state index is 10.6. The van der Waals surface area contributed by atoms with Crippen molar-refractivity contribution in [3.05, 3.63) is 84.9 Å². The second-order valence-corrected chi connectivity index (χ2v) is 12.0. The van der Waals surface area contributed by atoms with Gasteiger partial charge in [0.2, 0.25) is 0 Å². The average Bonchev–Trinajstić information content (AvgIpc) is 3.37. The summed E-state index contributed by atoms with van der Waals surface area (Å²) >= 11 is 1.86. The van der Waals surface area contributed by atoms with Gasteiger partial charge in [-0.15, -0.1) is 11.3 Å². The third kappa shape index (κ3) is 3.67. The summed E-state index contributed by atoms with van der Waals surface area (Å²) < 4.78 is 5.07. The molecule has 6 aromatic rings. The molecule has 174 valence electrons. The van der Waals surface area contributed by atoms with Gasteiger partial charge in [0.25, 0.3) is 0 Å². The van der Waals surface area contributed by atoms with Crippen LogP contribution in [-0.2, 0) is 0 Å². The number of benzene rings is 4. The van der Waals surface area contributed by atoms with Gasteiger partial charge in [-0.25, -0.2) is 0 Å². The molecule has 2 heterocycles. The zero-order chi connectivity index (χ0) is 24.4. The Balaban J connectivity index is 1.53. The van der Waals surface area contributed by atoms with Crippen LogP contribution in [0.1, 0.15) is 27.7 Å². The molecule has 1 N–H and O–H groups in total. The average molecular weight is 475 g/mol. The summed E-state index contributed by atoms with van der Waals surface area (Å²) in [5.41, 5.74) is 4.09. The highest BCUT2D eigenvalue weighted by Crippen LogP contribution is 2.38. The molecule has 2 nitrogen and oxygen atoms in total. The third-order valence-electron chi connectivity index (χ3n) is 8.05. The highest BCUT2D eigenvalue weighted by Gasteiger charge is 2.34. The molecule has 6 rings (SSSR count). The second-order valence-electron chi connectivity index (χ2n) is 10.9. The van der Waals surface area contributed by atoms with Crippen molar-refractivity contribution in [1.29, 1.82) is 0 Å². The Morgan fingerprint density at radius 1 is 0.714 bits per heavy atom. The summed E-state index contributed by atoms with van der Waals surface area (Å²) in [6.45, 7) is 8.14. The molecule has 4 aromatic carbocycles. The summed E-state index contributed by atoms with van der Waals surface area (Å²) in [7, 11) is 0.933. The van der Waals surface area contributed by atoms with Gasteiger partial charge in [0, 0.05) is 36.6 Å². The number of nitrogens with zero attached hydrogens (tertiary/aromatic N) is 1. The molecule has 0 radical (unpaired) electrons. The van der Waals surface area contributed by atoms with Crippen molar-refractivity contribution in [3.8, 4) is 5.69 Å². The highest BCUT2D eigenvalue weighted by atomic mass is 32.1. The number of para-hydroxylation sites is 1. The van der Waals surface area contributed by atoms with Crippen molar-refractivity contribution >= 4 is 66.1 Å². The molecule has 35 heavy (non-hydrogen) atoms. The summed E-state index contributed by atoms with van der Waals surface area (Å²) in [6.07, 6.45) is 0.926. The van der Waals surface area contributed by atoms with Gasteiger partial charge in [-0.2, -0.15) is 0 Å². The number of thiophene rings is 1. The lowest BCUT2D eigenvalue weighted by atomic mass is 9.56. The van der Waals surface area contributed by atoms with E-state index in [2.05, 4.69) is 103 Å². The van der Waals surface area contributed by atoms with Crippen LogP contribution in [0.25, 0.3) is 47.7 Å². The minimum absolute atomic E-state index is 0.167. The van der Waals surface area contributed by atoms with E-state index < -0.39 is 5.60 Å². The van der Waals surface area contributed by atoms with E-state index in [9.17, 15) is 5.11 Å². The first-order valence-electron chi connectivity index (χ1n) is 12.4. The van der Waals surface area contributed by atoms with Gasteiger partial charge < -0.3 is 9.67 Å². The Hall–Kier alpha value is -3.08. The number of hydrogen-bond acceptors (Lipinski definition) is 2. The Morgan fingerprint density at radius 2 is 1.40 bits per heavy atom. The predicted octanol–water partition coefficient (Wildman–Crippen LogP) is 7.43. The SMILES string of the molecule is CC(C)(O)C(C)(C)CBc1ccc2c3ccccc3n(-c3ccc4sc5ccccc5c4c3)c2c1. The lowest BCUT2D eigenvalue weighted by molar-refractivity contribution is -0.0236. The van der Waals surface area contributed by atoms with E-state index in [-0.39, 0.29) is 5.41 Å². The normalized spacial score (nSPS) is 12.8. The van der Waals surface area contributed by atoms with E-state index in [1.807, 2.05) is 25.2 Å². The summed E-state index contributed by atoms with van der Waals surface area (Å²) in [4.78, 5) is 0. The molecule has 4 heteroatoms. The lowest BCUT2D eigenvalue weighted by Crippen LogP contribution is -2.40. The van der Waals surface area contributed by atoms with Crippen LogP contribution in [0.3, 0.4) is 0 Å². The van der Waals surface area contributed by atoms with Crippen molar-refractivity contribution in [1.82, 2.24) is 4.57 Å². The molecule has 0 fully saturated rings. The van der Waals surface area contributed by atoms with Crippen LogP contribution in [0.2, 0.25) is 6.32 Å². The summed E-state index contributed by atoms with van der Waals surface area (Å²) in [5, 5.41) is 15.8. The van der Waals surface area contributed by atoms with E-state index in [0.29, 0.717) is 0 Å². The van der Waals surface area contributed by atoms with Crippen molar-refractivity contribution in [2.24, 2.45) is 5.41 Å². The van der Waals surface area contributed by atoms with Crippen molar-refractivity contribution in [3.63, 3.8) is 0 Å². The number of rotatable bonds is 5. The molecule has 2 aromatic heterocycles. The van der Waals surface area contributed by atoms with Crippen LogP contribution in [-0.4, -0.2) is 22.6 Å². The Morgan fingerprint density at radius 3 is 2.20 bits per heavy atom. The van der Waals surface area contributed by atoms with Gasteiger partial charge in [-0.1, -0.05) is 74.2 Å². The highest BCUT2D eigenvalue weighted by molar-refractivity contribution is 7.25. The molecule has 0 aliphatic rings. The lowest BCUT2D eigenvalue weighted by Gasteiger charge is -2.37. The maximum absolute atomic E-state index is 10.6. The largest absolute Gasteiger partial charge is 0.390 e. The van der Waals surface area contributed by atoms with E-state index in [1.165, 1.54) is 53.1 Å². The van der Waals surface area contributed by atoms with E-state index >= 15 is 0 Å². The molecule has 0 aliphatic carbocycles. The van der Waals surface area contributed by atoms with Crippen LogP contribution in [0, 0.1) is 5.41 Å². The van der Waals surface area contributed by atoms with E-state index in [0.717, 1.165) is 13.6 Å². The standard InChI is InChI=1S/C31H30BNOS/c1-30(2,31(3,4)34)19-32-20-13-15-23-22-9-5-7-11-26(22)33(27(23)17-20)21-14-16-29-25(18-21)24-10-6-8-12-28(24)35-29/h5-18,32,34H,19H2,1-4H3. The first-order valence-corrected chi connectivity index (χ1v) is 13.2. The van der Waals surface area contributed by atoms with Crippen molar-refractivity contribution in [2.75, 3.05) is 0 Å². The quantitative estimate of drug-likeness (QED) is 0.258. The first-order chi connectivity index (χ1) is 16.7. The molecule has 0 unspecified atom stereocenters. The third-order valence-corrected chi connectivity index (χ3v) is 9.20. The molecule has 0 aliphatic heterocycles. The van der Waals surface area contributed by atoms with Gasteiger partial charge in [-0.3, -0.25) is 0 Å². The molecule has 0 saturated heterocycles. The van der Waals surface area contributed by atoms with Crippen LogP contribution in [0.5, 0.6) is 0 Å². The van der Waals surface area contributed by atoms with Crippen LogP contribution in [0.4, 0.5) is 0 Å². The topological polar surface area (TPSA) is 25.2 Å². The fourth-order valence-corrected chi connectivity index (χ4v) is 6.15. The molecule has 0 atom stereocenters. The minimum atomic E-state index is -0.718. The fourth-order valence-electron chi connectivity index (χ4n) is 5.07. The van der Waals surface area contributed by atoms with Crippen molar-refractivity contribution in [2.45, 2.75) is 39.6 Å². The molecule has 0 amide bonds. The zero-order valence-electron chi connectivity index (χ0n) is 20.8. The van der Waals surface area contributed by atoms with E-state index in [4.69, 9.17) is 0 Å². The Labute approximate surface area is 211 Å².